The van der Waals surface area contributed by atoms with Gasteiger partial charge in [0.1, 0.15) is 5.82 Å². The zero-order valence-corrected chi connectivity index (χ0v) is 21.5. The second-order valence-electron chi connectivity index (χ2n) is 8.70. The number of hydrogen-bond acceptors (Lipinski definition) is 8. The van der Waals surface area contributed by atoms with E-state index in [9.17, 15) is 9.50 Å². The Kier molecular flexibility index (Phi) is 7.33. The molecule has 184 valence electrons. The number of imidazole rings is 1. The number of aromatic nitrogens is 4. The zero-order valence-electron chi connectivity index (χ0n) is 19.9. The third kappa shape index (κ3) is 5.06. The van der Waals surface area contributed by atoms with Crippen molar-refractivity contribution in [3.8, 4) is 11.3 Å². The van der Waals surface area contributed by atoms with Crippen molar-refractivity contribution in [1.82, 2.24) is 23.9 Å². The quantitative estimate of drug-likeness (QED) is 0.328. The van der Waals surface area contributed by atoms with Gasteiger partial charge in [-0.25, -0.2) is 14.4 Å². The minimum atomic E-state index is -0.262. The molecule has 0 radical (unpaired) electrons. The van der Waals surface area contributed by atoms with E-state index in [2.05, 4.69) is 22.7 Å². The highest BCUT2D eigenvalue weighted by Gasteiger charge is 2.24. The summed E-state index contributed by atoms with van der Waals surface area (Å²) in [5.41, 5.74) is 4.45. The second-order valence-corrected chi connectivity index (χ2v) is 10.4. The van der Waals surface area contributed by atoms with Crippen LogP contribution in [0.5, 0.6) is 0 Å². The van der Waals surface area contributed by atoms with E-state index in [1.807, 2.05) is 33.8 Å². The average molecular weight is 513 g/mol. The molecule has 1 aromatic carbocycles. The first kappa shape index (κ1) is 24.2. The van der Waals surface area contributed by atoms with Gasteiger partial charge in [-0.15, -0.1) is 11.3 Å². The standard InChI is InChI=1S/C25H29FN6OS2/c1-30(25-28-22(16-35-25)17-5-7-19(26)8-6-17)24-21(4-3-15-33)27-23-10-9-20(29-32(23)24)18-11-13-31(34-2)14-12-18/h5-10,16,18,33H,3-4,11-15H2,1-2H3. The number of aliphatic hydroxyl groups is 1. The van der Waals surface area contributed by atoms with E-state index in [4.69, 9.17) is 15.1 Å². The summed E-state index contributed by atoms with van der Waals surface area (Å²) in [7, 11) is 1.98. The Bertz CT molecular complexity index is 1280. The number of rotatable bonds is 8. The van der Waals surface area contributed by atoms with Gasteiger partial charge in [0.05, 0.1) is 17.1 Å². The SMILES string of the molecule is CSN1CCC(c2ccc3nc(CCCO)c(N(C)c4nc(-c5ccc(F)cc5)cs4)n3n2)CC1. The van der Waals surface area contributed by atoms with Gasteiger partial charge in [0.15, 0.2) is 16.6 Å². The first-order chi connectivity index (χ1) is 17.1. The Morgan fingerprint density at radius 1 is 1.14 bits per heavy atom. The van der Waals surface area contributed by atoms with E-state index in [1.54, 1.807) is 12.1 Å². The summed E-state index contributed by atoms with van der Waals surface area (Å²) in [5, 5.41) is 17.3. The molecule has 1 N–H and O–H groups in total. The van der Waals surface area contributed by atoms with E-state index in [1.165, 1.54) is 23.5 Å². The number of nitrogens with zero attached hydrogens (tertiary/aromatic N) is 6. The molecule has 0 bridgehead atoms. The molecule has 35 heavy (non-hydrogen) atoms. The largest absolute Gasteiger partial charge is 0.396 e. The van der Waals surface area contributed by atoms with Crippen LogP contribution in [0.1, 0.15) is 36.6 Å². The summed E-state index contributed by atoms with van der Waals surface area (Å²) >= 11 is 3.33. The maximum Gasteiger partial charge on any atom is 0.191 e. The summed E-state index contributed by atoms with van der Waals surface area (Å²) in [5.74, 6) is 1.03. The minimum Gasteiger partial charge on any atom is -0.396 e. The summed E-state index contributed by atoms with van der Waals surface area (Å²) in [6.45, 7) is 2.24. The Balaban J connectivity index is 1.50. The topological polar surface area (TPSA) is 69.8 Å². The Labute approximate surface area is 212 Å². The predicted octanol–water partition coefficient (Wildman–Crippen LogP) is 5.14. The highest BCUT2D eigenvalue weighted by molar-refractivity contribution is 7.96. The van der Waals surface area contributed by atoms with Gasteiger partial charge in [-0.3, -0.25) is 4.31 Å². The van der Waals surface area contributed by atoms with Crippen molar-refractivity contribution in [3.05, 3.63) is 59.0 Å². The lowest BCUT2D eigenvalue weighted by Crippen LogP contribution is -2.27. The summed E-state index contributed by atoms with van der Waals surface area (Å²) in [6.07, 6.45) is 5.58. The maximum absolute atomic E-state index is 13.4. The molecule has 1 saturated heterocycles. The molecule has 0 unspecified atom stereocenters. The summed E-state index contributed by atoms with van der Waals surface area (Å²) < 4.78 is 17.7. The molecule has 1 aliphatic heterocycles. The molecule has 4 heterocycles. The number of aliphatic hydroxyl groups excluding tert-OH is 1. The first-order valence-corrected chi connectivity index (χ1v) is 13.9. The lowest BCUT2D eigenvalue weighted by atomic mass is 9.94. The average Bonchev–Trinajstić information content (AvgIpc) is 3.52. The molecule has 7 nitrogen and oxygen atoms in total. The van der Waals surface area contributed by atoms with E-state index in [0.29, 0.717) is 18.8 Å². The molecule has 0 aliphatic carbocycles. The second kappa shape index (κ2) is 10.6. The van der Waals surface area contributed by atoms with Crippen molar-refractivity contribution < 1.29 is 9.50 Å². The van der Waals surface area contributed by atoms with E-state index >= 15 is 0 Å². The number of hydrogen-bond donors (Lipinski definition) is 1. The molecule has 1 aliphatic rings. The van der Waals surface area contributed by atoms with Gasteiger partial charge in [0.2, 0.25) is 0 Å². The van der Waals surface area contributed by atoms with Crippen molar-refractivity contribution in [3.63, 3.8) is 0 Å². The number of benzene rings is 1. The zero-order chi connectivity index (χ0) is 24.4. The van der Waals surface area contributed by atoms with Crippen molar-refractivity contribution in [1.29, 1.82) is 0 Å². The number of aryl methyl sites for hydroxylation is 1. The highest BCUT2D eigenvalue weighted by atomic mass is 32.2. The summed E-state index contributed by atoms with van der Waals surface area (Å²) in [6, 6.07) is 10.5. The van der Waals surface area contributed by atoms with Crippen LogP contribution in [0, 0.1) is 5.82 Å². The van der Waals surface area contributed by atoms with Gasteiger partial charge in [-0.1, -0.05) is 11.9 Å². The van der Waals surface area contributed by atoms with Crippen LogP contribution in [-0.2, 0) is 6.42 Å². The fourth-order valence-electron chi connectivity index (χ4n) is 4.55. The van der Waals surface area contributed by atoms with Crippen LogP contribution in [0.3, 0.4) is 0 Å². The van der Waals surface area contributed by atoms with Crippen molar-refractivity contribution in [2.75, 3.05) is 37.9 Å². The van der Waals surface area contributed by atoms with Gasteiger partial charge in [0.25, 0.3) is 0 Å². The van der Waals surface area contributed by atoms with Crippen LogP contribution in [0.2, 0.25) is 0 Å². The predicted molar refractivity (Wildman–Crippen MR) is 141 cm³/mol. The van der Waals surface area contributed by atoms with E-state index < -0.39 is 0 Å². The van der Waals surface area contributed by atoms with Crippen LogP contribution in [0.4, 0.5) is 15.3 Å². The van der Waals surface area contributed by atoms with Gasteiger partial charge < -0.3 is 10.0 Å². The van der Waals surface area contributed by atoms with Crippen LogP contribution in [-0.4, -0.2) is 62.0 Å². The van der Waals surface area contributed by atoms with E-state index in [-0.39, 0.29) is 12.4 Å². The first-order valence-electron chi connectivity index (χ1n) is 11.8. The van der Waals surface area contributed by atoms with Crippen molar-refractivity contribution in [2.45, 2.75) is 31.6 Å². The number of piperidine rings is 1. The van der Waals surface area contributed by atoms with E-state index in [0.717, 1.165) is 65.2 Å². The number of fused-ring (bicyclic) bond motifs is 1. The Hall–Kier alpha value is -2.53. The third-order valence-electron chi connectivity index (χ3n) is 6.48. The normalized spacial score (nSPS) is 15.2. The van der Waals surface area contributed by atoms with Crippen molar-refractivity contribution >= 4 is 39.9 Å². The Morgan fingerprint density at radius 3 is 2.63 bits per heavy atom. The maximum atomic E-state index is 13.4. The van der Waals surface area contributed by atoms with Crippen LogP contribution >= 0.6 is 23.3 Å². The monoisotopic (exact) mass is 512 g/mol. The number of anilines is 2. The van der Waals surface area contributed by atoms with Gasteiger partial charge in [-0.05, 0) is 68.3 Å². The molecule has 0 spiro atoms. The number of thiazole rings is 1. The van der Waals surface area contributed by atoms with Crippen molar-refractivity contribution in [2.24, 2.45) is 0 Å². The fraction of sp³-hybridized carbons (Fsp3) is 0.400. The van der Waals surface area contributed by atoms with Crippen LogP contribution in [0.25, 0.3) is 16.9 Å². The third-order valence-corrected chi connectivity index (χ3v) is 8.28. The summed E-state index contributed by atoms with van der Waals surface area (Å²) in [4.78, 5) is 11.7. The van der Waals surface area contributed by atoms with Gasteiger partial charge >= 0.3 is 0 Å². The number of halogens is 1. The molecule has 1 fully saturated rings. The van der Waals surface area contributed by atoms with Crippen LogP contribution < -0.4 is 4.90 Å². The lowest BCUT2D eigenvalue weighted by Gasteiger charge is -2.29. The highest BCUT2D eigenvalue weighted by Crippen LogP contribution is 2.35. The van der Waals surface area contributed by atoms with Gasteiger partial charge in [-0.2, -0.15) is 9.61 Å². The molecular weight excluding hydrogens is 483 g/mol. The van der Waals surface area contributed by atoms with Crippen LogP contribution in [0.15, 0.2) is 41.8 Å². The Morgan fingerprint density at radius 2 is 1.91 bits per heavy atom. The minimum absolute atomic E-state index is 0.107. The molecule has 0 amide bonds. The molecule has 5 rings (SSSR count). The smallest absolute Gasteiger partial charge is 0.191 e. The molecule has 0 atom stereocenters. The van der Waals surface area contributed by atoms with Gasteiger partial charge in [0, 0.05) is 43.6 Å². The molecule has 10 heteroatoms. The molecular formula is C25H29FN6OS2. The lowest BCUT2D eigenvalue weighted by molar-refractivity contribution is 0.288. The molecule has 4 aromatic rings. The molecule has 0 saturated carbocycles. The fourth-order valence-corrected chi connectivity index (χ4v) is 5.92. The molecule has 3 aromatic heterocycles.